The minimum Gasteiger partial charge on any atom is -0.497 e. The molecule has 1 aliphatic rings. The molecule has 1 heterocycles. The Morgan fingerprint density at radius 3 is 2.39 bits per heavy atom. The molecule has 1 amide bonds. The number of hydrogen-bond acceptors (Lipinski definition) is 3. The van der Waals surface area contributed by atoms with Crippen LogP contribution in [0.4, 0.5) is 18.9 Å². The van der Waals surface area contributed by atoms with E-state index in [0.717, 1.165) is 17.7 Å². The molecule has 0 saturated heterocycles. The Hall–Kier alpha value is -2.54. The fourth-order valence-corrected chi connectivity index (χ4v) is 3.65. The topological polar surface area (TPSA) is 41.6 Å². The second-order valence-electron chi connectivity index (χ2n) is 7.31. The maximum absolute atomic E-state index is 13.2. The summed E-state index contributed by atoms with van der Waals surface area (Å²) in [4.78, 5) is 14.8. The van der Waals surface area contributed by atoms with Crippen LogP contribution in [0.5, 0.6) is 5.75 Å². The average Bonchev–Trinajstić information content (AvgIpc) is 2.77. The Bertz CT molecular complexity index is 848. The molecule has 2 aromatic carbocycles. The van der Waals surface area contributed by atoms with Gasteiger partial charge in [-0.2, -0.15) is 13.2 Å². The smallest absolute Gasteiger partial charge is 0.416 e. The van der Waals surface area contributed by atoms with E-state index >= 15 is 0 Å². The monoisotopic (exact) mass is 392 g/mol. The van der Waals surface area contributed by atoms with Crippen molar-refractivity contribution in [3.63, 3.8) is 0 Å². The largest absolute Gasteiger partial charge is 0.497 e. The van der Waals surface area contributed by atoms with Crippen LogP contribution in [0, 0.1) is 5.92 Å². The summed E-state index contributed by atoms with van der Waals surface area (Å²) in [6, 6.07) is 10.9. The van der Waals surface area contributed by atoms with Crippen LogP contribution in [-0.2, 0) is 17.4 Å². The summed E-state index contributed by atoms with van der Waals surface area (Å²) in [5, 5.41) is 2.82. The van der Waals surface area contributed by atoms with E-state index in [9.17, 15) is 18.0 Å². The first-order valence-electron chi connectivity index (χ1n) is 8.98. The standard InChI is InChI=1S/C21H23F3N2O2/c1-26(2)12-18-17(13-4-7-16(28-3)8-5-13)11-14-10-15(21(22,23)24)6-9-19(14)25-20(18)27/h4-10,17-18H,11-12H2,1-3H3,(H,25,27)/t17-,18+/m0/s1. The highest BCUT2D eigenvalue weighted by Crippen LogP contribution is 2.39. The number of nitrogens with one attached hydrogen (secondary N) is 1. The van der Waals surface area contributed by atoms with Crippen molar-refractivity contribution in [2.45, 2.75) is 18.5 Å². The minimum absolute atomic E-state index is 0.187. The van der Waals surface area contributed by atoms with Crippen LogP contribution >= 0.6 is 0 Å². The predicted octanol–water partition coefficient (Wildman–Crippen LogP) is 4.17. The van der Waals surface area contributed by atoms with Crippen LogP contribution in [0.3, 0.4) is 0 Å². The van der Waals surface area contributed by atoms with E-state index in [1.165, 1.54) is 6.07 Å². The van der Waals surface area contributed by atoms with Gasteiger partial charge < -0.3 is 15.0 Å². The summed E-state index contributed by atoms with van der Waals surface area (Å²) in [5.74, 6) is -0.151. The van der Waals surface area contributed by atoms with Gasteiger partial charge in [0.05, 0.1) is 18.6 Å². The van der Waals surface area contributed by atoms with Crippen molar-refractivity contribution in [3.05, 3.63) is 59.2 Å². The summed E-state index contributed by atoms with van der Waals surface area (Å²) in [7, 11) is 5.31. The van der Waals surface area contributed by atoms with Gasteiger partial charge in [0, 0.05) is 18.2 Å². The number of methoxy groups -OCH3 is 1. The van der Waals surface area contributed by atoms with Gasteiger partial charge >= 0.3 is 6.18 Å². The molecule has 0 spiro atoms. The fraction of sp³-hybridized carbons (Fsp3) is 0.381. The van der Waals surface area contributed by atoms with Gasteiger partial charge in [-0.1, -0.05) is 12.1 Å². The molecule has 0 bridgehead atoms. The minimum atomic E-state index is -4.43. The van der Waals surface area contributed by atoms with Crippen LogP contribution in [0.15, 0.2) is 42.5 Å². The third kappa shape index (κ3) is 4.30. The molecule has 4 nitrogen and oxygen atoms in total. The van der Waals surface area contributed by atoms with Crippen LogP contribution in [0.25, 0.3) is 0 Å². The summed E-state index contributed by atoms with van der Waals surface area (Å²) >= 11 is 0. The molecule has 0 fully saturated rings. The Morgan fingerprint density at radius 2 is 1.82 bits per heavy atom. The molecule has 28 heavy (non-hydrogen) atoms. The number of amides is 1. The zero-order chi connectivity index (χ0) is 20.5. The van der Waals surface area contributed by atoms with Crippen molar-refractivity contribution in [1.29, 1.82) is 0 Å². The number of halogens is 3. The number of benzene rings is 2. The quantitative estimate of drug-likeness (QED) is 0.849. The average molecular weight is 392 g/mol. The molecule has 0 unspecified atom stereocenters. The van der Waals surface area contributed by atoms with Gasteiger partial charge in [-0.25, -0.2) is 0 Å². The predicted molar refractivity (Wildman–Crippen MR) is 102 cm³/mol. The lowest BCUT2D eigenvalue weighted by molar-refractivity contribution is -0.137. The number of fused-ring (bicyclic) bond motifs is 1. The molecule has 0 radical (unpaired) electrons. The molecule has 7 heteroatoms. The molecular formula is C21H23F3N2O2. The number of nitrogens with zero attached hydrogens (tertiary/aromatic N) is 1. The van der Waals surface area contributed by atoms with E-state index in [1.54, 1.807) is 19.2 Å². The van der Waals surface area contributed by atoms with E-state index in [2.05, 4.69) is 5.32 Å². The highest BCUT2D eigenvalue weighted by molar-refractivity contribution is 5.95. The number of rotatable bonds is 4. The van der Waals surface area contributed by atoms with Gasteiger partial charge in [0.2, 0.25) is 5.91 Å². The van der Waals surface area contributed by atoms with Gasteiger partial charge in [0.1, 0.15) is 5.75 Å². The molecule has 150 valence electrons. The summed E-state index contributed by atoms with van der Waals surface area (Å²) in [6.45, 7) is 0.489. The highest BCUT2D eigenvalue weighted by Gasteiger charge is 2.36. The molecule has 1 aliphatic heterocycles. The first kappa shape index (κ1) is 20.2. The highest BCUT2D eigenvalue weighted by atomic mass is 19.4. The lowest BCUT2D eigenvalue weighted by Gasteiger charge is -2.27. The number of ether oxygens (including phenoxy) is 1. The van der Waals surface area contributed by atoms with Crippen molar-refractivity contribution in [3.8, 4) is 5.75 Å². The zero-order valence-electron chi connectivity index (χ0n) is 16.0. The molecule has 1 N–H and O–H groups in total. The zero-order valence-corrected chi connectivity index (χ0v) is 16.0. The Kier molecular flexibility index (Phi) is 5.65. The van der Waals surface area contributed by atoms with Crippen LogP contribution in [-0.4, -0.2) is 38.6 Å². The van der Waals surface area contributed by atoms with Crippen molar-refractivity contribution in [2.75, 3.05) is 33.1 Å². The second kappa shape index (κ2) is 7.83. The number of alkyl halides is 3. The maximum atomic E-state index is 13.2. The van der Waals surface area contributed by atoms with Crippen molar-refractivity contribution < 1.29 is 22.7 Å². The van der Waals surface area contributed by atoms with Crippen molar-refractivity contribution >= 4 is 11.6 Å². The molecular weight excluding hydrogens is 369 g/mol. The third-order valence-corrected chi connectivity index (χ3v) is 5.06. The van der Waals surface area contributed by atoms with E-state index < -0.39 is 17.7 Å². The number of anilines is 1. The van der Waals surface area contributed by atoms with E-state index in [-0.39, 0.29) is 11.8 Å². The molecule has 0 aromatic heterocycles. The molecule has 0 aliphatic carbocycles. The summed E-state index contributed by atoms with van der Waals surface area (Å²) in [5.41, 5.74) is 1.12. The lowest BCUT2D eigenvalue weighted by Crippen LogP contribution is -2.35. The van der Waals surface area contributed by atoms with Crippen molar-refractivity contribution in [2.24, 2.45) is 5.92 Å². The van der Waals surface area contributed by atoms with Crippen LogP contribution in [0.1, 0.15) is 22.6 Å². The van der Waals surface area contributed by atoms with E-state index in [4.69, 9.17) is 4.74 Å². The molecule has 2 aromatic rings. The van der Waals surface area contributed by atoms with Crippen LogP contribution in [0.2, 0.25) is 0 Å². The Labute approximate surface area is 162 Å². The van der Waals surface area contributed by atoms with Gasteiger partial charge in [0.15, 0.2) is 0 Å². The first-order chi connectivity index (χ1) is 13.2. The molecule has 2 atom stereocenters. The number of carbonyl (C=O) groups excluding carboxylic acids is 1. The van der Waals surface area contributed by atoms with E-state index in [0.29, 0.717) is 30.0 Å². The fourth-order valence-electron chi connectivity index (χ4n) is 3.65. The van der Waals surface area contributed by atoms with Gasteiger partial charge in [-0.3, -0.25) is 4.79 Å². The molecule has 3 rings (SSSR count). The molecule has 0 saturated carbocycles. The van der Waals surface area contributed by atoms with Gasteiger partial charge in [0.25, 0.3) is 0 Å². The van der Waals surface area contributed by atoms with Crippen LogP contribution < -0.4 is 10.1 Å². The van der Waals surface area contributed by atoms with Gasteiger partial charge in [-0.15, -0.1) is 0 Å². The summed E-state index contributed by atoms with van der Waals surface area (Å²) in [6.07, 6.45) is -4.09. The number of carbonyl (C=O) groups is 1. The first-order valence-corrected chi connectivity index (χ1v) is 8.98. The maximum Gasteiger partial charge on any atom is 0.416 e. The normalized spacial score (nSPS) is 19.8. The summed E-state index contributed by atoms with van der Waals surface area (Å²) < 4.78 is 44.7. The van der Waals surface area contributed by atoms with E-state index in [1.807, 2.05) is 31.1 Å². The number of hydrogen-bond donors (Lipinski definition) is 1. The Balaban J connectivity index is 2.05. The van der Waals surface area contributed by atoms with Gasteiger partial charge in [-0.05, 0) is 62.0 Å². The second-order valence-corrected chi connectivity index (χ2v) is 7.31. The SMILES string of the molecule is COc1ccc([C@@H]2Cc3cc(C(F)(F)F)ccc3NC(=O)[C@@H]2CN(C)C)cc1. The van der Waals surface area contributed by atoms with Crippen molar-refractivity contribution in [1.82, 2.24) is 4.90 Å². The third-order valence-electron chi connectivity index (χ3n) is 5.06. The lowest BCUT2D eigenvalue weighted by atomic mass is 9.81. The Morgan fingerprint density at radius 1 is 1.14 bits per heavy atom.